The van der Waals surface area contributed by atoms with Crippen molar-refractivity contribution in [1.29, 1.82) is 0 Å². The molecular weight excluding hydrogens is 272 g/mol. The minimum Gasteiger partial charge on any atom is -0.236 e. The standard InChI is InChI=1S/C15H29N2O2S/c1-3-4-5-6-7-8-9-10-11-12-16-13-14-17(15-16)20(2,18)19/h13-15H,3-12H2,1-2H3/q+1. The van der Waals surface area contributed by atoms with Crippen molar-refractivity contribution in [3.05, 3.63) is 18.7 Å². The van der Waals surface area contributed by atoms with Gasteiger partial charge in [0.15, 0.2) is 0 Å². The van der Waals surface area contributed by atoms with Gasteiger partial charge in [0.2, 0.25) is 0 Å². The van der Waals surface area contributed by atoms with Crippen LogP contribution in [-0.2, 0) is 16.6 Å². The van der Waals surface area contributed by atoms with Gasteiger partial charge in [-0.1, -0.05) is 51.9 Å². The van der Waals surface area contributed by atoms with Crippen LogP contribution >= 0.6 is 0 Å². The Bertz CT molecular complexity index is 466. The highest BCUT2D eigenvalue weighted by Gasteiger charge is 2.12. The lowest BCUT2D eigenvalue weighted by atomic mass is 10.1. The Morgan fingerprint density at radius 2 is 1.50 bits per heavy atom. The fraction of sp³-hybridized carbons (Fsp3) is 0.800. The van der Waals surface area contributed by atoms with E-state index in [0.29, 0.717) is 0 Å². The van der Waals surface area contributed by atoms with Crippen LogP contribution in [0.15, 0.2) is 18.7 Å². The first-order chi connectivity index (χ1) is 9.54. The SMILES string of the molecule is CCCCCCCCCCC[n+]1ccn(S(C)(=O)=O)c1. The Labute approximate surface area is 123 Å². The van der Waals surface area contributed by atoms with E-state index in [1.165, 1.54) is 61.6 Å². The molecule has 4 nitrogen and oxygen atoms in total. The van der Waals surface area contributed by atoms with E-state index < -0.39 is 10.0 Å². The first-order valence-corrected chi connectivity index (χ1v) is 9.66. The van der Waals surface area contributed by atoms with Gasteiger partial charge in [0.1, 0.15) is 12.4 Å². The Hall–Kier alpha value is -0.840. The predicted octanol–water partition coefficient (Wildman–Crippen LogP) is 3.11. The number of rotatable bonds is 11. The average Bonchev–Trinajstić information content (AvgIpc) is 2.85. The molecule has 0 saturated heterocycles. The molecular formula is C15H29N2O2S+. The zero-order chi connectivity index (χ0) is 14.8. The van der Waals surface area contributed by atoms with Crippen LogP contribution < -0.4 is 4.57 Å². The Morgan fingerprint density at radius 3 is 2.00 bits per heavy atom. The predicted molar refractivity (Wildman–Crippen MR) is 82.1 cm³/mol. The molecule has 0 aliphatic rings. The lowest BCUT2D eigenvalue weighted by Gasteiger charge is -2.01. The molecule has 0 aromatic carbocycles. The molecule has 0 fully saturated rings. The average molecular weight is 301 g/mol. The lowest BCUT2D eigenvalue weighted by molar-refractivity contribution is -0.696. The van der Waals surface area contributed by atoms with Crippen LogP contribution in [0.5, 0.6) is 0 Å². The molecule has 116 valence electrons. The van der Waals surface area contributed by atoms with E-state index in [-0.39, 0.29) is 0 Å². The van der Waals surface area contributed by atoms with Crippen molar-refractivity contribution in [3.63, 3.8) is 0 Å². The van der Waals surface area contributed by atoms with Crippen molar-refractivity contribution in [2.24, 2.45) is 0 Å². The highest BCUT2D eigenvalue weighted by molar-refractivity contribution is 7.89. The molecule has 20 heavy (non-hydrogen) atoms. The Morgan fingerprint density at radius 1 is 0.950 bits per heavy atom. The summed E-state index contributed by atoms with van der Waals surface area (Å²) in [5, 5.41) is 0. The Balaban J connectivity index is 2.06. The summed E-state index contributed by atoms with van der Waals surface area (Å²) in [4.78, 5) is 0. The minimum absolute atomic E-state index is 0.901. The first kappa shape index (κ1) is 17.2. The summed E-state index contributed by atoms with van der Waals surface area (Å²) in [6.07, 6.45) is 18.1. The number of aromatic nitrogens is 2. The molecule has 0 radical (unpaired) electrons. The zero-order valence-corrected chi connectivity index (χ0v) is 13.7. The summed E-state index contributed by atoms with van der Waals surface area (Å²) < 4.78 is 25.8. The monoisotopic (exact) mass is 301 g/mol. The summed E-state index contributed by atoms with van der Waals surface area (Å²) in [6.45, 7) is 3.15. The summed E-state index contributed by atoms with van der Waals surface area (Å²) >= 11 is 0. The van der Waals surface area contributed by atoms with Crippen LogP contribution in [0.4, 0.5) is 0 Å². The van der Waals surface area contributed by atoms with Gasteiger partial charge in [-0.3, -0.25) is 0 Å². The van der Waals surface area contributed by atoms with Crippen LogP contribution in [0.1, 0.15) is 64.7 Å². The smallest absolute Gasteiger partial charge is 0.236 e. The molecule has 0 amide bonds. The third-order valence-electron chi connectivity index (χ3n) is 3.57. The fourth-order valence-electron chi connectivity index (χ4n) is 2.31. The zero-order valence-electron chi connectivity index (χ0n) is 12.9. The van der Waals surface area contributed by atoms with Gasteiger partial charge >= 0.3 is 10.0 Å². The normalized spacial score (nSPS) is 11.9. The summed E-state index contributed by atoms with van der Waals surface area (Å²) in [5.41, 5.74) is 0. The molecule has 1 heterocycles. The van der Waals surface area contributed by atoms with E-state index in [1.807, 2.05) is 10.8 Å². The molecule has 0 unspecified atom stereocenters. The molecule has 0 spiro atoms. The molecule has 1 aromatic rings. The van der Waals surface area contributed by atoms with Crippen molar-refractivity contribution < 1.29 is 13.0 Å². The van der Waals surface area contributed by atoms with Crippen LogP contribution in [0, 0.1) is 0 Å². The van der Waals surface area contributed by atoms with Crippen molar-refractivity contribution in [2.45, 2.75) is 71.3 Å². The summed E-state index contributed by atoms with van der Waals surface area (Å²) in [6, 6.07) is 0. The minimum atomic E-state index is -3.14. The van der Waals surface area contributed by atoms with E-state index >= 15 is 0 Å². The topological polar surface area (TPSA) is 43.0 Å². The quantitative estimate of drug-likeness (QED) is 0.465. The largest absolute Gasteiger partial charge is 0.301 e. The Kier molecular flexibility index (Phi) is 7.88. The van der Waals surface area contributed by atoms with Crippen molar-refractivity contribution in [1.82, 2.24) is 3.97 Å². The van der Waals surface area contributed by atoms with Gasteiger partial charge in [-0.2, -0.15) is 8.42 Å². The maximum Gasteiger partial charge on any atom is 0.301 e. The van der Waals surface area contributed by atoms with Gasteiger partial charge in [-0.25, -0.2) is 4.57 Å². The number of nitrogens with zero attached hydrogens (tertiary/aromatic N) is 2. The van der Waals surface area contributed by atoms with Gasteiger partial charge in [-0.05, 0) is 12.8 Å². The van der Waals surface area contributed by atoms with Crippen LogP contribution in [0.3, 0.4) is 0 Å². The van der Waals surface area contributed by atoms with E-state index in [9.17, 15) is 8.42 Å². The second-order valence-electron chi connectivity index (χ2n) is 5.57. The number of unbranched alkanes of at least 4 members (excludes halogenated alkanes) is 8. The van der Waals surface area contributed by atoms with Gasteiger partial charge < -0.3 is 0 Å². The highest BCUT2D eigenvalue weighted by atomic mass is 32.2. The fourth-order valence-corrected chi connectivity index (χ4v) is 2.88. The first-order valence-electron chi connectivity index (χ1n) is 7.81. The molecule has 0 aliphatic carbocycles. The third-order valence-corrected chi connectivity index (χ3v) is 4.55. The maximum absolute atomic E-state index is 11.3. The van der Waals surface area contributed by atoms with Crippen molar-refractivity contribution in [3.8, 4) is 0 Å². The molecule has 1 rings (SSSR count). The molecule has 1 aromatic heterocycles. The molecule has 0 bridgehead atoms. The molecule has 0 saturated carbocycles. The number of aryl methyl sites for hydroxylation is 1. The number of imidazole rings is 1. The number of hydrogen-bond donors (Lipinski definition) is 0. The number of hydrogen-bond acceptors (Lipinski definition) is 2. The molecule has 0 atom stereocenters. The van der Waals surface area contributed by atoms with Gasteiger partial charge in [0, 0.05) is 0 Å². The molecule has 0 N–H and O–H groups in total. The van der Waals surface area contributed by atoms with Gasteiger partial charge in [-0.15, -0.1) is 3.97 Å². The van der Waals surface area contributed by atoms with E-state index in [1.54, 1.807) is 12.5 Å². The van der Waals surface area contributed by atoms with Gasteiger partial charge in [0.25, 0.3) is 6.33 Å². The van der Waals surface area contributed by atoms with Crippen LogP contribution in [0.2, 0.25) is 0 Å². The third kappa shape index (κ3) is 7.08. The highest BCUT2D eigenvalue weighted by Crippen LogP contribution is 2.09. The lowest BCUT2D eigenvalue weighted by Crippen LogP contribution is -2.31. The van der Waals surface area contributed by atoms with Crippen LogP contribution in [0.25, 0.3) is 0 Å². The summed E-state index contributed by atoms with van der Waals surface area (Å²) in [5.74, 6) is 0. The molecule has 0 aliphatic heterocycles. The van der Waals surface area contributed by atoms with Crippen molar-refractivity contribution in [2.75, 3.05) is 6.26 Å². The second kappa shape index (κ2) is 9.16. The van der Waals surface area contributed by atoms with Crippen molar-refractivity contribution >= 4 is 10.0 Å². The van der Waals surface area contributed by atoms with Gasteiger partial charge in [0.05, 0.1) is 12.8 Å². The second-order valence-corrected chi connectivity index (χ2v) is 7.46. The van der Waals surface area contributed by atoms with Crippen LogP contribution in [-0.4, -0.2) is 18.6 Å². The van der Waals surface area contributed by atoms with E-state index in [2.05, 4.69) is 6.92 Å². The van der Waals surface area contributed by atoms with E-state index in [0.717, 1.165) is 13.0 Å². The molecule has 5 heteroatoms. The van der Waals surface area contributed by atoms with E-state index in [4.69, 9.17) is 0 Å². The maximum atomic E-state index is 11.3. The summed E-state index contributed by atoms with van der Waals surface area (Å²) in [7, 11) is -3.14.